The van der Waals surface area contributed by atoms with Crippen molar-refractivity contribution in [1.29, 1.82) is 0 Å². The highest BCUT2D eigenvalue weighted by Crippen LogP contribution is 2.36. The van der Waals surface area contributed by atoms with Crippen molar-refractivity contribution in [3.63, 3.8) is 0 Å². The molecule has 2 atom stereocenters. The van der Waals surface area contributed by atoms with Crippen LogP contribution < -0.4 is 0 Å². The van der Waals surface area contributed by atoms with Crippen molar-refractivity contribution in [2.45, 2.75) is 26.7 Å². The highest BCUT2D eigenvalue weighted by molar-refractivity contribution is 5.80. The molecule has 4 heterocycles. The van der Waals surface area contributed by atoms with Crippen molar-refractivity contribution < 1.29 is 0 Å². The van der Waals surface area contributed by atoms with Gasteiger partial charge in [0.15, 0.2) is 0 Å². The number of rotatable bonds is 9. The molecule has 4 N–H and O–H groups in total. The van der Waals surface area contributed by atoms with Gasteiger partial charge in [-0.05, 0) is 84.5 Å². The molecule has 2 unspecified atom stereocenters. The Labute approximate surface area is 342 Å². The summed E-state index contributed by atoms with van der Waals surface area (Å²) in [6.45, 7) is 6.54. The number of hydrogen-bond acceptors (Lipinski definition) is 4. The van der Waals surface area contributed by atoms with Crippen LogP contribution in [0.5, 0.6) is 0 Å². The fourth-order valence-electron chi connectivity index (χ4n) is 8.17. The zero-order chi connectivity index (χ0) is 39.9. The number of hydrogen-bond donors (Lipinski definition) is 4. The Morgan fingerprint density at radius 1 is 0.390 bits per heavy atom. The Morgan fingerprint density at radius 3 is 1.51 bits per heavy atom. The highest BCUT2D eigenvalue weighted by Gasteiger charge is 2.20. The fourth-order valence-corrected chi connectivity index (χ4v) is 8.17. The lowest BCUT2D eigenvalue weighted by Gasteiger charge is -2.17. The van der Waals surface area contributed by atoms with Crippen molar-refractivity contribution in [2.75, 3.05) is 0 Å². The minimum Gasteiger partial charge on any atom is -0.278 e. The molecule has 8 heteroatoms. The minimum atomic E-state index is 0.275. The third-order valence-electron chi connectivity index (χ3n) is 11.5. The zero-order valence-electron chi connectivity index (χ0n) is 33.0. The smallest absolute Gasteiger partial charge is 0.0929 e. The topological polar surface area (TPSA) is 115 Å². The van der Waals surface area contributed by atoms with E-state index in [0.29, 0.717) is 5.92 Å². The van der Waals surface area contributed by atoms with Gasteiger partial charge in [0, 0.05) is 44.9 Å². The van der Waals surface area contributed by atoms with Gasteiger partial charge in [-0.1, -0.05) is 128 Å². The maximum absolute atomic E-state index is 4.74. The van der Waals surface area contributed by atoms with Gasteiger partial charge >= 0.3 is 0 Å². The van der Waals surface area contributed by atoms with E-state index in [4.69, 9.17) is 10.2 Å². The van der Waals surface area contributed by atoms with Crippen LogP contribution in [0.3, 0.4) is 0 Å². The first-order valence-corrected chi connectivity index (χ1v) is 20.0. The van der Waals surface area contributed by atoms with E-state index in [1.165, 1.54) is 16.7 Å². The van der Waals surface area contributed by atoms with Gasteiger partial charge in [0.05, 0.1) is 45.6 Å². The predicted molar refractivity (Wildman–Crippen MR) is 238 cm³/mol. The van der Waals surface area contributed by atoms with E-state index < -0.39 is 0 Å². The van der Waals surface area contributed by atoms with Crippen LogP contribution in [0.4, 0.5) is 0 Å². The number of benzene rings is 5. The average molecular weight is 767 g/mol. The number of allylic oxidation sites excluding steroid dienone is 4. The average Bonchev–Trinajstić information content (AvgIpc) is 4.12. The van der Waals surface area contributed by atoms with Crippen LogP contribution in [0.1, 0.15) is 29.7 Å². The van der Waals surface area contributed by atoms with Crippen LogP contribution in [0, 0.1) is 19.8 Å². The normalized spacial score (nSPS) is 14.9. The van der Waals surface area contributed by atoms with Crippen LogP contribution in [-0.2, 0) is 0 Å². The lowest BCUT2D eigenvalue weighted by atomic mass is 9.87. The number of aromatic amines is 4. The minimum absolute atomic E-state index is 0.275. The quantitative estimate of drug-likeness (QED) is 0.117. The molecule has 0 bridgehead atoms. The summed E-state index contributed by atoms with van der Waals surface area (Å²) in [5.41, 5.74) is 19.9. The number of nitrogens with zero attached hydrogens (tertiary/aromatic N) is 4. The van der Waals surface area contributed by atoms with Gasteiger partial charge in [0.1, 0.15) is 0 Å². The molecule has 1 aliphatic carbocycles. The van der Waals surface area contributed by atoms with E-state index in [1.807, 2.05) is 18.2 Å². The molecule has 9 aromatic rings. The first-order chi connectivity index (χ1) is 28.9. The van der Waals surface area contributed by atoms with E-state index in [9.17, 15) is 0 Å². The van der Waals surface area contributed by atoms with Gasteiger partial charge in [0.2, 0.25) is 0 Å². The second kappa shape index (κ2) is 15.1. The Bertz CT molecular complexity index is 3010. The fraction of sp³-hybridized carbons (Fsp3) is 0.0980. The number of aryl methyl sites for hydroxylation is 2. The SMILES string of the molecule is Cc1cc(-c2cc(-c3cccc(-c4cc(C5C=CC=CC5C)n[nH]4)c3)[nH]n2)ccc1-c1ccc(-c2cc(-c3cccc(-c4cc(-c5ccccc5)n[nH]4)c3)[nH]n2)c(C)c1. The Morgan fingerprint density at radius 2 is 0.881 bits per heavy atom. The van der Waals surface area contributed by atoms with Crippen LogP contribution in [0.2, 0.25) is 0 Å². The number of H-pyrrole nitrogens is 4. The zero-order valence-corrected chi connectivity index (χ0v) is 33.0. The third-order valence-corrected chi connectivity index (χ3v) is 11.5. The van der Waals surface area contributed by atoms with Crippen molar-refractivity contribution in [3.8, 4) is 89.9 Å². The number of nitrogens with one attached hydrogen (secondary N) is 4. The Balaban J connectivity index is 0.842. The van der Waals surface area contributed by atoms with E-state index in [1.54, 1.807) is 0 Å². The molecule has 10 rings (SSSR count). The summed E-state index contributed by atoms with van der Waals surface area (Å²) in [7, 11) is 0. The molecule has 5 aromatic carbocycles. The monoisotopic (exact) mass is 766 g/mol. The predicted octanol–water partition coefficient (Wildman–Crippen LogP) is 12.4. The summed E-state index contributed by atoms with van der Waals surface area (Å²) in [5, 5.41) is 31.7. The molecular formula is C51H42N8. The molecule has 0 spiro atoms. The summed E-state index contributed by atoms with van der Waals surface area (Å²) in [6, 6.07) is 48.8. The summed E-state index contributed by atoms with van der Waals surface area (Å²) in [6.07, 6.45) is 8.66. The summed E-state index contributed by atoms with van der Waals surface area (Å²) in [4.78, 5) is 0. The van der Waals surface area contributed by atoms with Crippen LogP contribution >= 0.6 is 0 Å². The van der Waals surface area contributed by atoms with Crippen LogP contribution in [-0.4, -0.2) is 40.8 Å². The molecule has 59 heavy (non-hydrogen) atoms. The van der Waals surface area contributed by atoms with E-state index in [2.05, 4.69) is 197 Å². The molecule has 0 radical (unpaired) electrons. The summed E-state index contributed by atoms with van der Waals surface area (Å²) in [5.74, 6) is 0.687. The second-order valence-corrected chi connectivity index (χ2v) is 15.4. The molecule has 0 amide bonds. The first-order valence-electron chi connectivity index (χ1n) is 20.0. The highest BCUT2D eigenvalue weighted by atomic mass is 15.1. The largest absolute Gasteiger partial charge is 0.278 e. The molecule has 286 valence electrons. The van der Waals surface area contributed by atoms with Gasteiger partial charge < -0.3 is 0 Å². The van der Waals surface area contributed by atoms with Crippen LogP contribution in [0.15, 0.2) is 164 Å². The molecule has 0 saturated carbocycles. The molecule has 0 fully saturated rings. The van der Waals surface area contributed by atoms with Gasteiger partial charge in [-0.2, -0.15) is 20.4 Å². The molecule has 4 aromatic heterocycles. The van der Waals surface area contributed by atoms with E-state index in [0.717, 1.165) is 90.1 Å². The maximum atomic E-state index is 4.74. The standard InChI is InChI=1S/C51H42N8/c1-31-11-7-8-18-42(31)50-29-48(56-58-50)38-16-10-15-37(26-38)46-28-47(55-54-46)40-20-21-41(32(2)24-40)35-19-22-43(33(3)23-35)51-30-49(57-59-51)39-17-9-14-36(25-39)45-27-44(52-53-45)34-12-5-4-6-13-34/h4-31,42H,1-3H3,(H,52,53)(H,54,55)(H,56,58)(H,57,59). The van der Waals surface area contributed by atoms with Gasteiger partial charge in [0.25, 0.3) is 0 Å². The number of aromatic nitrogens is 8. The lowest BCUT2D eigenvalue weighted by molar-refractivity contribution is 0.618. The molecule has 0 saturated heterocycles. The van der Waals surface area contributed by atoms with Gasteiger partial charge in [-0.3, -0.25) is 20.4 Å². The molecule has 8 nitrogen and oxygen atoms in total. The van der Waals surface area contributed by atoms with Crippen molar-refractivity contribution >= 4 is 0 Å². The van der Waals surface area contributed by atoms with Crippen LogP contribution in [0.25, 0.3) is 89.9 Å². The van der Waals surface area contributed by atoms with Gasteiger partial charge in [-0.15, -0.1) is 0 Å². The first kappa shape index (κ1) is 35.8. The van der Waals surface area contributed by atoms with E-state index in [-0.39, 0.29) is 5.92 Å². The molecule has 0 aliphatic heterocycles. The summed E-state index contributed by atoms with van der Waals surface area (Å²) < 4.78 is 0. The molecular weight excluding hydrogens is 725 g/mol. The Kier molecular flexibility index (Phi) is 9.14. The van der Waals surface area contributed by atoms with E-state index >= 15 is 0 Å². The maximum Gasteiger partial charge on any atom is 0.0929 e. The van der Waals surface area contributed by atoms with Gasteiger partial charge in [-0.25, -0.2) is 0 Å². The second-order valence-electron chi connectivity index (χ2n) is 15.4. The Hall–Kier alpha value is -7.58. The van der Waals surface area contributed by atoms with Crippen molar-refractivity contribution in [2.24, 2.45) is 5.92 Å². The third kappa shape index (κ3) is 7.06. The summed E-state index contributed by atoms with van der Waals surface area (Å²) >= 11 is 0. The molecule has 1 aliphatic rings. The lowest BCUT2D eigenvalue weighted by Crippen LogP contribution is -2.07. The van der Waals surface area contributed by atoms with Crippen molar-refractivity contribution in [1.82, 2.24) is 40.8 Å². The van der Waals surface area contributed by atoms with Crippen molar-refractivity contribution in [3.05, 3.63) is 181 Å².